The summed E-state index contributed by atoms with van der Waals surface area (Å²) in [5, 5.41) is 0.889. The minimum atomic E-state index is -0.218. The highest BCUT2D eigenvalue weighted by molar-refractivity contribution is 5.80. The maximum atomic E-state index is 13.2. The third-order valence-corrected chi connectivity index (χ3v) is 3.56. The monoisotopic (exact) mass is 314 g/mol. The van der Waals surface area contributed by atoms with Gasteiger partial charge in [-0.3, -0.25) is 4.90 Å². The van der Waals surface area contributed by atoms with Crippen LogP contribution in [-0.4, -0.2) is 34.0 Å². The molecular formula is C17H19FN4O. The maximum Gasteiger partial charge on any atom is 0.153 e. The number of aromatic amines is 1. The van der Waals surface area contributed by atoms with Crippen molar-refractivity contribution >= 4 is 10.9 Å². The molecule has 2 heterocycles. The van der Waals surface area contributed by atoms with Crippen LogP contribution in [0.2, 0.25) is 0 Å². The Bertz CT molecular complexity index is 785. The van der Waals surface area contributed by atoms with Crippen LogP contribution in [0.4, 0.5) is 4.39 Å². The van der Waals surface area contributed by atoms with Gasteiger partial charge in [0.15, 0.2) is 5.82 Å². The van der Waals surface area contributed by atoms with Crippen LogP contribution in [0.5, 0.6) is 0 Å². The van der Waals surface area contributed by atoms with E-state index in [1.54, 1.807) is 13.2 Å². The SMILES string of the molecule is COCc1ncc(CN(C)Cc2cc3cc(F)ccc3[nH]2)cn1. The Hall–Kier alpha value is -2.31. The molecule has 0 aliphatic heterocycles. The van der Waals surface area contributed by atoms with Crippen molar-refractivity contribution in [1.82, 2.24) is 19.9 Å². The Morgan fingerprint density at radius 3 is 2.70 bits per heavy atom. The van der Waals surface area contributed by atoms with Crippen LogP contribution < -0.4 is 0 Å². The predicted molar refractivity (Wildman–Crippen MR) is 86.2 cm³/mol. The smallest absolute Gasteiger partial charge is 0.153 e. The Morgan fingerprint density at radius 1 is 1.17 bits per heavy atom. The van der Waals surface area contributed by atoms with E-state index in [0.717, 1.165) is 35.2 Å². The molecule has 0 bridgehead atoms. The number of aromatic nitrogens is 3. The molecule has 0 saturated carbocycles. The fraction of sp³-hybridized carbons (Fsp3) is 0.294. The zero-order valence-electron chi connectivity index (χ0n) is 13.2. The lowest BCUT2D eigenvalue weighted by Crippen LogP contribution is -2.17. The molecule has 6 heteroatoms. The summed E-state index contributed by atoms with van der Waals surface area (Å²) in [6, 6.07) is 6.74. The topological polar surface area (TPSA) is 54.0 Å². The number of H-pyrrole nitrogens is 1. The molecule has 0 unspecified atom stereocenters. The quantitative estimate of drug-likeness (QED) is 0.760. The Balaban J connectivity index is 1.64. The van der Waals surface area contributed by atoms with Gasteiger partial charge >= 0.3 is 0 Å². The van der Waals surface area contributed by atoms with Gasteiger partial charge in [-0.05, 0) is 31.3 Å². The summed E-state index contributed by atoms with van der Waals surface area (Å²) in [6.45, 7) is 1.88. The molecule has 23 heavy (non-hydrogen) atoms. The van der Waals surface area contributed by atoms with Crippen molar-refractivity contribution in [2.75, 3.05) is 14.2 Å². The van der Waals surface area contributed by atoms with Crippen LogP contribution in [0.25, 0.3) is 10.9 Å². The molecule has 1 aromatic carbocycles. The van der Waals surface area contributed by atoms with Gasteiger partial charge in [0, 0.05) is 54.8 Å². The molecule has 0 radical (unpaired) electrons. The fourth-order valence-corrected chi connectivity index (χ4v) is 2.57. The van der Waals surface area contributed by atoms with Gasteiger partial charge in [0.2, 0.25) is 0 Å². The second kappa shape index (κ2) is 6.85. The van der Waals surface area contributed by atoms with Gasteiger partial charge < -0.3 is 9.72 Å². The van der Waals surface area contributed by atoms with E-state index in [4.69, 9.17) is 4.74 Å². The second-order valence-electron chi connectivity index (χ2n) is 5.64. The number of benzene rings is 1. The van der Waals surface area contributed by atoms with Crippen molar-refractivity contribution in [3.8, 4) is 0 Å². The van der Waals surface area contributed by atoms with E-state index in [2.05, 4.69) is 19.9 Å². The van der Waals surface area contributed by atoms with Gasteiger partial charge in [-0.25, -0.2) is 14.4 Å². The molecule has 0 aliphatic rings. The Labute approximate surface area is 134 Å². The van der Waals surface area contributed by atoms with E-state index in [0.29, 0.717) is 12.4 Å². The van der Waals surface area contributed by atoms with E-state index in [1.165, 1.54) is 12.1 Å². The normalized spacial score (nSPS) is 11.5. The zero-order valence-corrected chi connectivity index (χ0v) is 13.2. The minimum Gasteiger partial charge on any atom is -0.377 e. The van der Waals surface area contributed by atoms with Gasteiger partial charge in [0.25, 0.3) is 0 Å². The lowest BCUT2D eigenvalue weighted by atomic mass is 10.2. The van der Waals surface area contributed by atoms with Gasteiger partial charge in [-0.2, -0.15) is 0 Å². The number of hydrogen-bond acceptors (Lipinski definition) is 4. The van der Waals surface area contributed by atoms with Crippen LogP contribution in [0.1, 0.15) is 17.1 Å². The second-order valence-corrected chi connectivity index (χ2v) is 5.64. The molecule has 0 spiro atoms. The van der Waals surface area contributed by atoms with Crippen LogP contribution in [0, 0.1) is 5.82 Å². The summed E-state index contributed by atoms with van der Waals surface area (Å²) in [5.74, 6) is 0.459. The highest BCUT2D eigenvalue weighted by atomic mass is 19.1. The molecule has 3 rings (SSSR count). The highest BCUT2D eigenvalue weighted by Gasteiger charge is 2.07. The predicted octanol–water partition coefficient (Wildman–Crippen LogP) is 2.88. The third-order valence-electron chi connectivity index (χ3n) is 3.56. The third kappa shape index (κ3) is 3.91. The standard InChI is InChI=1S/C17H19FN4O/c1-22(9-12-7-19-17(11-23-2)20-8-12)10-15-6-13-5-14(18)3-4-16(13)21-15/h3-8,21H,9-11H2,1-2H3. The summed E-state index contributed by atoms with van der Waals surface area (Å²) in [7, 11) is 3.65. The van der Waals surface area contributed by atoms with Crippen molar-refractivity contribution in [1.29, 1.82) is 0 Å². The number of nitrogens with zero attached hydrogens (tertiary/aromatic N) is 3. The number of hydrogen-bond donors (Lipinski definition) is 1. The summed E-state index contributed by atoms with van der Waals surface area (Å²) < 4.78 is 18.2. The number of nitrogens with one attached hydrogen (secondary N) is 1. The van der Waals surface area contributed by atoms with Crippen LogP contribution in [0.3, 0.4) is 0 Å². The molecule has 2 aromatic heterocycles. The first kappa shape index (κ1) is 15.6. The molecule has 0 saturated heterocycles. The van der Waals surface area contributed by atoms with E-state index < -0.39 is 0 Å². The largest absolute Gasteiger partial charge is 0.377 e. The maximum absolute atomic E-state index is 13.2. The van der Waals surface area contributed by atoms with Crippen LogP contribution >= 0.6 is 0 Å². The molecule has 0 amide bonds. The lowest BCUT2D eigenvalue weighted by Gasteiger charge is -2.15. The number of methoxy groups -OCH3 is 1. The van der Waals surface area contributed by atoms with E-state index in [-0.39, 0.29) is 5.82 Å². The van der Waals surface area contributed by atoms with Gasteiger partial charge in [0.05, 0.1) is 0 Å². The van der Waals surface area contributed by atoms with Crippen molar-refractivity contribution in [3.63, 3.8) is 0 Å². The van der Waals surface area contributed by atoms with E-state index >= 15 is 0 Å². The highest BCUT2D eigenvalue weighted by Crippen LogP contribution is 2.18. The molecule has 120 valence electrons. The average Bonchev–Trinajstić information content (AvgIpc) is 2.90. The van der Waals surface area contributed by atoms with Crippen LogP contribution in [0.15, 0.2) is 36.7 Å². The molecule has 0 fully saturated rings. The summed E-state index contributed by atoms with van der Waals surface area (Å²) in [6.07, 6.45) is 3.64. The van der Waals surface area contributed by atoms with Crippen molar-refractivity contribution in [2.45, 2.75) is 19.7 Å². The Morgan fingerprint density at radius 2 is 1.96 bits per heavy atom. The Kier molecular flexibility index (Phi) is 4.64. The van der Waals surface area contributed by atoms with E-state index in [1.807, 2.05) is 25.5 Å². The van der Waals surface area contributed by atoms with Gasteiger partial charge in [-0.1, -0.05) is 0 Å². The fourth-order valence-electron chi connectivity index (χ4n) is 2.57. The summed E-state index contributed by atoms with van der Waals surface area (Å²) in [4.78, 5) is 14.0. The van der Waals surface area contributed by atoms with Crippen molar-refractivity contribution in [3.05, 3.63) is 59.6 Å². The number of halogens is 1. The zero-order chi connectivity index (χ0) is 16.2. The van der Waals surface area contributed by atoms with E-state index in [9.17, 15) is 4.39 Å². The van der Waals surface area contributed by atoms with Crippen molar-refractivity contribution < 1.29 is 9.13 Å². The van der Waals surface area contributed by atoms with Gasteiger partial charge in [-0.15, -0.1) is 0 Å². The number of rotatable bonds is 6. The summed E-state index contributed by atoms with van der Waals surface area (Å²) in [5.41, 5.74) is 3.03. The molecule has 5 nitrogen and oxygen atoms in total. The molecule has 3 aromatic rings. The van der Waals surface area contributed by atoms with Crippen molar-refractivity contribution in [2.24, 2.45) is 0 Å². The molecule has 0 aliphatic carbocycles. The molecule has 0 atom stereocenters. The number of ether oxygens (including phenoxy) is 1. The molecular weight excluding hydrogens is 295 g/mol. The first-order valence-corrected chi connectivity index (χ1v) is 7.38. The average molecular weight is 314 g/mol. The first-order chi connectivity index (χ1) is 11.1. The number of fused-ring (bicyclic) bond motifs is 1. The summed E-state index contributed by atoms with van der Waals surface area (Å²) >= 11 is 0. The lowest BCUT2D eigenvalue weighted by molar-refractivity contribution is 0.177. The molecule has 1 N–H and O–H groups in total. The first-order valence-electron chi connectivity index (χ1n) is 7.38. The van der Waals surface area contributed by atoms with Gasteiger partial charge in [0.1, 0.15) is 12.4 Å². The minimum absolute atomic E-state index is 0.218. The van der Waals surface area contributed by atoms with Crippen LogP contribution in [-0.2, 0) is 24.4 Å².